The molecule has 0 atom stereocenters. The standard InChI is InChI=1S/C50H27N3S2/c1-3-15-30-28(13-1)25-26-39-44(30)45-33-18-6-5-17-32(33)43-36-21-9-12-24-41(36)55-49(43)47(45)53(39)50-51-38-22-10-7-19-34(38)46(52-50)37-27-29-14-2-4-16-31(29)42-35-20-8-11-23-40(35)54-48(37)42/h1-27H. The van der Waals surface area contributed by atoms with Crippen molar-refractivity contribution in [3.63, 3.8) is 0 Å². The second-order valence-electron chi connectivity index (χ2n) is 14.4. The molecule has 0 spiro atoms. The summed E-state index contributed by atoms with van der Waals surface area (Å²) in [5, 5.41) is 16.1. The van der Waals surface area contributed by atoms with Gasteiger partial charge in [-0.2, -0.15) is 0 Å². The summed E-state index contributed by atoms with van der Waals surface area (Å²) in [6.45, 7) is 0. The van der Waals surface area contributed by atoms with Crippen LogP contribution in [0, 0.1) is 0 Å². The summed E-state index contributed by atoms with van der Waals surface area (Å²) in [6, 6.07) is 59.5. The molecule has 0 unspecified atom stereocenters. The average molecular weight is 734 g/mol. The van der Waals surface area contributed by atoms with Crippen LogP contribution in [0.2, 0.25) is 0 Å². The van der Waals surface area contributed by atoms with Gasteiger partial charge in [0.25, 0.3) is 0 Å². The fraction of sp³-hybridized carbons (Fsp3) is 0. The van der Waals surface area contributed by atoms with Crippen molar-refractivity contribution in [3.8, 4) is 17.2 Å². The van der Waals surface area contributed by atoms with Crippen molar-refractivity contribution in [3.05, 3.63) is 164 Å². The normalized spacial score (nSPS) is 12.4. The van der Waals surface area contributed by atoms with Gasteiger partial charge < -0.3 is 0 Å². The molecule has 9 aromatic carbocycles. The Morgan fingerprint density at radius 3 is 1.69 bits per heavy atom. The molecule has 13 rings (SSSR count). The van der Waals surface area contributed by atoms with E-state index >= 15 is 0 Å². The quantitative estimate of drug-likeness (QED) is 0.177. The van der Waals surface area contributed by atoms with Crippen molar-refractivity contribution >= 4 is 128 Å². The monoisotopic (exact) mass is 733 g/mol. The van der Waals surface area contributed by atoms with Crippen LogP contribution in [0.3, 0.4) is 0 Å². The third kappa shape index (κ3) is 3.98. The van der Waals surface area contributed by atoms with E-state index < -0.39 is 0 Å². The van der Waals surface area contributed by atoms with Crippen LogP contribution < -0.4 is 0 Å². The van der Waals surface area contributed by atoms with Crippen LogP contribution in [0.15, 0.2) is 164 Å². The fourth-order valence-corrected chi connectivity index (χ4v) is 11.8. The van der Waals surface area contributed by atoms with Crippen molar-refractivity contribution in [2.75, 3.05) is 0 Å². The smallest absolute Gasteiger partial charge is 0.235 e. The number of hydrogen-bond acceptors (Lipinski definition) is 4. The molecule has 0 aliphatic heterocycles. The molecule has 5 heteroatoms. The van der Waals surface area contributed by atoms with E-state index in [0.717, 1.165) is 33.2 Å². The zero-order valence-electron chi connectivity index (χ0n) is 29.2. The Balaban J connectivity index is 1.25. The first kappa shape index (κ1) is 29.8. The second-order valence-corrected chi connectivity index (χ2v) is 16.5. The Morgan fingerprint density at radius 2 is 0.945 bits per heavy atom. The van der Waals surface area contributed by atoms with E-state index in [1.54, 1.807) is 0 Å². The van der Waals surface area contributed by atoms with Crippen LogP contribution in [0.5, 0.6) is 0 Å². The van der Waals surface area contributed by atoms with Crippen molar-refractivity contribution < 1.29 is 0 Å². The number of fused-ring (bicyclic) bond motifs is 18. The summed E-state index contributed by atoms with van der Waals surface area (Å²) in [5.74, 6) is 0.681. The maximum atomic E-state index is 5.73. The van der Waals surface area contributed by atoms with Gasteiger partial charge in [0.2, 0.25) is 5.95 Å². The zero-order chi connectivity index (χ0) is 35.8. The minimum Gasteiger partial charge on any atom is -0.276 e. The lowest BCUT2D eigenvalue weighted by Crippen LogP contribution is -2.03. The lowest BCUT2D eigenvalue weighted by atomic mass is 9.97. The highest BCUT2D eigenvalue weighted by molar-refractivity contribution is 7.27. The maximum Gasteiger partial charge on any atom is 0.235 e. The number of rotatable bonds is 2. The van der Waals surface area contributed by atoms with E-state index in [2.05, 4.69) is 168 Å². The number of para-hydroxylation sites is 1. The number of aromatic nitrogens is 3. The molecule has 4 aromatic heterocycles. The van der Waals surface area contributed by atoms with Gasteiger partial charge in [0, 0.05) is 57.4 Å². The molecule has 0 N–H and O–H groups in total. The molecular formula is C50H27N3S2. The van der Waals surface area contributed by atoms with Crippen LogP contribution in [-0.4, -0.2) is 14.5 Å². The third-order valence-electron chi connectivity index (χ3n) is 11.6. The first-order chi connectivity index (χ1) is 27.3. The van der Waals surface area contributed by atoms with E-state index in [-0.39, 0.29) is 0 Å². The molecule has 0 saturated carbocycles. The first-order valence-corrected chi connectivity index (χ1v) is 20.2. The van der Waals surface area contributed by atoms with Gasteiger partial charge in [0.05, 0.1) is 26.9 Å². The number of thiophene rings is 2. The summed E-state index contributed by atoms with van der Waals surface area (Å²) in [4.78, 5) is 11.2. The second kappa shape index (κ2) is 11.0. The molecule has 0 radical (unpaired) electrons. The van der Waals surface area contributed by atoms with Crippen LogP contribution in [0.1, 0.15) is 0 Å². The first-order valence-electron chi connectivity index (χ1n) is 18.6. The molecule has 254 valence electrons. The van der Waals surface area contributed by atoms with E-state index in [1.165, 1.54) is 83.4 Å². The van der Waals surface area contributed by atoms with Crippen molar-refractivity contribution in [1.29, 1.82) is 0 Å². The van der Waals surface area contributed by atoms with Gasteiger partial charge in [0.1, 0.15) is 0 Å². The Bertz CT molecular complexity index is 3790. The minimum atomic E-state index is 0.681. The summed E-state index contributed by atoms with van der Waals surface area (Å²) >= 11 is 3.73. The van der Waals surface area contributed by atoms with Gasteiger partial charge in [-0.1, -0.05) is 133 Å². The van der Waals surface area contributed by atoms with E-state index in [1.807, 2.05) is 22.7 Å². The van der Waals surface area contributed by atoms with Gasteiger partial charge in [-0.15, -0.1) is 22.7 Å². The summed E-state index contributed by atoms with van der Waals surface area (Å²) in [7, 11) is 0. The molecule has 13 aromatic rings. The van der Waals surface area contributed by atoms with Crippen LogP contribution in [0.25, 0.3) is 123 Å². The molecule has 0 saturated heterocycles. The number of hydrogen-bond donors (Lipinski definition) is 0. The zero-order valence-corrected chi connectivity index (χ0v) is 30.9. The highest BCUT2D eigenvalue weighted by atomic mass is 32.1. The molecule has 0 bridgehead atoms. The lowest BCUT2D eigenvalue weighted by Gasteiger charge is -2.14. The molecule has 3 nitrogen and oxygen atoms in total. The molecule has 0 aliphatic carbocycles. The predicted molar refractivity (Wildman–Crippen MR) is 238 cm³/mol. The largest absolute Gasteiger partial charge is 0.276 e. The molecule has 4 heterocycles. The van der Waals surface area contributed by atoms with Crippen LogP contribution >= 0.6 is 22.7 Å². The summed E-state index contributed by atoms with van der Waals surface area (Å²) in [5.41, 5.74) is 5.28. The van der Waals surface area contributed by atoms with E-state index in [0.29, 0.717) is 5.95 Å². The van der Waals surface area contributed by atoms with E-state index in [9.17, 15) is 0 Å². The van der Waals surface area contributed by atoms with Crippen molar-refractivity contribution in [1.82, 2.24) is 14.5 Å². The van der Waals surface area contributed by atoms with Crippen molar-refractivity contribution in [2.24, 2.45) is 0 Å². The van der Waals surface area contributed by atoms with Gasteiger partial charge in [-0.05, 0) is 62.6 Å². The SMILES string of the molecule is c1ccc2c(c1)cc(-c1nc(-n3c4ccc5ccccc5c4c4c5ccccc5c5c6ccccc6sc5c43)nc3ccccc13)c1sc3ccccc3c12. The van der Waals surface area contributed by atoms with E-state index in [4.69, 9.17) is 9.97 Å². The summed E-state index contributed by atoms with van der Waals surface area (Å²) < 4.78 is 7.44. The molecule has 0 fully saturated rings. The molecule has 55 heavy (non-hydrogen) atoms. The molecule has 0 aliphatic rings. The maximum absolute atomic E-state index is 5.73. The lowest BCUT2D eigenvalue weighted by molar-refractivity contribution is 1.02. The van der Waals surface area contributed by atoms with Crippen LogP contribution in [-0.2, 0) is 0 Å². The Labute approximate surface area is 322 Å². The topological polar surface area (TPSA) is 30.7 Å². The van der Waals surface area contributed by atoms with Crippen LogP contribution in [0.4, 0.5) is 0 Å². The molecule has 0 amide bonds. The third-order valence-corrected chi connectivity index (χ3v) is 13.9. The highest BCUT2D eigenvalue weighted by Crippen LogP contribution is 2.50. The highest BCUT2D eigenvalue weighted by Gasteiger charge is 2.25. The minimum absolute atomic E-state index is 0.681. The van der Waals surface area contributed by atoms with Gasteiger partial charge in [-0.25, -0.2) is 9.97 Å². The van der Waals surface area contributed by atoms with Gasteiger partial charge in [-0.3, -0.25) is 4.57 Å². The van der Waals surface area contributed by atoms with Crippen molar-refractivity contribution in [2.45, 2.75) is 0 Å². The number of benzene rings is 9. The average Bonchev–Trinajstić information content (AvgIpc) is 3.94. The predicted octanol–water partition coefficient (Wildman–Crippen LogP) is 14.6. The Hall–Kier alpha value is -6.66. The Morgan fingerprint density at radius 1 is 0.400 bits per heavy atom. The fourth-order valence-electron chi connectivity index (χ4n) is 9.26. The molecular weight excluding hydrogens is 707 g/mol. The summed E-state index contributed by atoms with van der Waals surface area (Å²) in [6.07, 6.45) is 0. The van der Waals surface area contributed by atoms with Gasteiger partial charge in [0.15, 0.2) is 0 Å². The number of nitrogens with zero attached hydrogens (tertiary/aromatic N) is 3. The van der Waals surface area contributed by atoms with Gasteiger partial charge >= 0.3 is 0 Å². The Kier molecular flexibility index (Phi) is 5.93.